The van der Waals surface area contributed by atoms with Gasteiger partial charge in [0.05, 0.1) is 22.4 Å². The van der Waals surface area contributed by atoms with Crippen molar-refractivity contribution in [2.75, 3.05) is 18.1 Å². The molecule has 3 amide bonds. The van der Waals surface area contributed by atoms with Gasteiger partial charge in [-0.15, -0.1) is 0 Å². The van der Waals surface area contributed by atoms with E-state index < -0.39 is 24.4 Å². The van der Waals surface area contributed by atoms with Gasteiger partial charge < -0.3 is 10.1 Å². The van der Waals surface area contributed by atoms with Gasteiger partial charge in [0, 0.05) is 6.54 Å². The quantitative estimate of drug-likeness (QED) is 0.625. The van der Waals surface area contributed by atoms with Crippen molar-refractivity contribution in [1.29, 1.82) is 0 Å². The minimum atomic E-state index is -0.708. The first kappa shape index (κ1) is 18.3. The largest absolute Gasteiger partial charge is 0.452 e. The first-order valence-corrected chi connectivity index (χ1v) is 8.54. The van der Waals surface area contributed by atoms with Gasteiger partial charge in [-0.1, -0.05) is 25.1 Å². The van der Waals surface area contributed by atoms with Crippen molar-refractivity contribution in [3.63, 3.8) is 0 Å². The molecule has 0 spiro atoms. The number of carbonyl (C=O) groups excluding carboxylic acids is 4. The van der Waals surface area contributed by atoms with Crippen LogP contribution in [0.3, 0.4) is 0 Å². The Labute approximate surface area is 155 Å². The van der Waals surface area contributed by atoms with E-state index in [0.717, 1.165) is 11.3 Å². The van der Waals surface area contributed by atoms with Gasteiger partial charge in [0.2, 0.25) is 0 Å². The van der Waals surface area contributed by atoms with Crippen molar-refractivity contribution < 1.29 is 23.9 Å². The van der Waals surface area contributed by atoms with Crippen LogP contribution in [0.25, 0.3) is 0 Å². The fraction of sp³-hybridized carbons (Fsp3) is 0.200. The van der Waals surface area contributed by atoms with E-state index in [1.807, 2.05) is 6.92 Å². The van der Waals surface area contributed by atoms with E-state index in [9.17, 15) is 19.2 Å². The summed E-state index contributed by atoms with van der Waals surface area (Å²) in [7, 11) is 0. The monoisotopic (exact) mass is 366 g/mol. The molecular formula is C20H18N2O5. The molecule has 138 valence electrons. The van der Waals surface area contributed by atoms with Crippen LogP contribution >= 0.6 is 0 Å². The predicted molar refractivity (Wildman–Crippen MR) is 97.6 cm³/mol. The molecular weight excluding hydrogens is 348 g/mol. The highest BCUT2D eigenvalue weighted by molar-refractivity contribution is 6.34. The van der Waals surface area contributed by atoms with Gasteiger partial charge >= 0.3 is 5.97 Å². The Kier molecular flexibility index (Phi) is 5.30. The third kappa shape index (κ3) is 3.72. The Hall–Kier alpha value is -3.48. The molecule has 0 atom stereocenters. The highest BCUT2D eigenvalue weighted by Crippen LogP contribution is 2.28. The van der Waals surface area contributed by atoms with E-state index in [2.05, 4.69) is 5.32 Å². The maximum atomic E-state index is 12.5. The van der Waals surface area contributed by atoms with Gasteiger partial charge in [-0.3, -0.25) is 14.4 Å². The fourth-order valence-corrected chi connectivity index (χ4v) is 2.73. The molecule has 2 aromatic rings. The number of hydrogen-bond acceptors (Lipinski definition) is 5. The molecule has 27 heavy (non-hydrogen) atoms. The topological polar surface area (TPSA) is 92.8 Å². The van der Waals surface area contributed by atoms with Gasteiger partial charge in [0.25, 0.3) is 17.7 Å². The van der Waals surface area contributed by atoms with Crippen LogP contribution in [-0.4, -0.2) is 36.8 Å². The van der Waals surface area contributed by atoms with Crippen LogP contribution < -0.4 is 10.2 Å². The Balaban J connectivity index is 1.75. The number of nitrogens with one attached hydrogen (secondary N) is 1. The maximum Gasteiger partial charge on any atom is 0.338 e. The van der Waals surface area contributed by atoms with Gasteiger partial charge in [-0.05, 0) is 36.8 Å². The molecule has 0 aliphatic carbocycles. The van der Waals surface area contributed by atoms with Crippen molar-refractivity contribution in [3.8, 4) is 0 Å². The normalized spacial score (nSPS) is 12.7. The Morgan fingerprint density at radius 1 is 1.00 bits per heavy atom. The molecule has 0 aromatic heterocycles. The number of ether oxygens (including phenoxy) is 1. The zero-order chi connectivity index (χ0) is 19.4. The molecule has 7 nitrogen and oxygen atoms in total. The van der Waals surface area contributed by atoms with Crippen molar-refractivity contribution in [1.82, 2.24) is 5.32 Å². The molecule has 0 unspecified atom stereocenters. The number of imide groups is 1. The van der Waals surface area contributed by atoms with Crippen molar-refractivity contribution in [2.45, 2.75) is 13.3 Å². The number of anilines is 1. The lowest BCUT2D eigenvalue weighted by Crippen LogP contribution is -2.30. The molecule has 0 saturated carbocycles. The lowest BCUT2D eigenvalue weighted by molar-refractivity contribution is -0.124. The summed E-state index contributed by atoms with van der Waals surface area (Å²) in [4.78, 5) is 49.8. The number of amides is 3. The zero-order valence-electron chi connectivity index (χ0n) is 14.7. The fourth-order valence-electron chi connectivity index (χ4n) is 2.73. The number of carbonyl (C=O) groups is 4. The molecule has 0 radical (unpaired) electrons. The summed E-state index contributed by atoms with van der Waals surface area (Å²) in [6, 6.07) is 12.5. The summed E-state index contributed by atoms with van der Waals surface area (Å²) >= 11 is 0. The van der Waals surface area contributed by atoms with Crippen LogP contribution in [0, 0.1) is 0 Å². The number of esters is 1. The molecule has 1 heterocycles. The van der Waals surface area contributed by atoms with Crippen molar-refractivity contribution >= 4 is 29.4 Å². The molecule has 0 bridgehead atoms. The number of hydrogen-bond donors (Lipinski definition) is 1. The first-order chi connectivity index (χ1) is 13.0. The minimum absolute atomic E-state index is 0.146. The predicted octanol–water partition coefficient (Wildman–Crippen LogP) is 2.17. The van der Waals surface area contributed by atoms with Gasteiger partial charge in [0.15, 0.2) is 6.61 Å². The second-order valence-electron chi connectivity index (χ2n) is 5.97. The highest BCUT2D eigenvalue weighted by atomic mass is 16.5. The second-order valence-corrected chi connectivity index (χ2v) is 5.97. The lowest BCUT2D eigenvalue weighted by atomic mass is 10.1. The molecule has 3 rings (SSSR count). The van der Waals surface area contributed by atoms with Crippen molar-refractivity contribution in [3.05, 3.63) is 65.2 Å². The SMILES string of the molecule is CCCNC(=O)COC(=O)c1cccc(N2C(=O)c3ccccc3C2=O)c1. The second kappa shape index (κ2) is 7.82. The summed E-state index contributed by atoms with van der Waals surface area (Å²) in [5.41, 5.74) is 1.06. The maximum absolute atomic E-state index is 12.5. The standard InChI is InChI=1S/C20H18N2O5/c1-2-10-21-17(23)12-27-20(26)13-6-5-7-14(11-13)22-18(24)15-8-3-4-9-16(15)19(22)25/h3-9,11H,2,10,12H2,1H3,(H,21,23). The van der Waals surface area contributed by atoms with E-state index in [-0.39, 0.29) is 17.2 Å². The zero-order valence-corrected chi connectivity index (χ0v) is 14.7. The van der Waals surface area contributed by atoms with Crippen LogP contribution in [0.4, 0.5) is 5.69 Å². The number of rotatable bonds is 6. The molecule has 1 aliphatic heterocycles. The van der Waals surface area contributed by atoms with E-state index in [1.165, 1.54) is 12.1 Å². The lowest BCUT2D eigenvalue weighted by Gasteiger charge is -2.14. The van der Waals surface area contributed by atoms with E-state index in [4.69, 9.17) is 4.74 Å². The Morgan fingerprint density at radius 2 is 1.67 bits per heavy atom. The number of benzene rings is 2. The van der Waals surface area contributed by atoms with Crippen LogP contribution in [0.15, 0.2) is 48.5 Å². The average Bonchev–Trinajstić information content (AvgIpc) is 2.95. The van der Waals surface area contributed by atoms with Gasteiger partial charge in [-0.25, -0.2) is 9.69 Å². The molecule has 7 heteroatoms. The van der Waals surface area contributed by atoms with Gasteiger partial charge in [-0.2, -0.15) is 0 Å². The van der Waals surface area contributed by atoms with Crippen molar-refractivity contribution in [2.24, 2.45) is 0 Å². The molecule has 2 aromatic carbocycles. The average molecular weight is 366 g/mol. The van der Waals surface area contributed by atoms with Crippen LogP contribution in [0.2, 0.25) is 0 Å². The minimum Gasteiger partial charge on any atom is -0.452 e. The van der Waals surface area contributed by atoms with E-state index >= 15 is 0 Å². The summed E-state index contributed by atoms with van der Waals surface area (Å²) < 4.78 is 4.98. The van der Waals surface area contributed by atoms with E-state index in [1.54, 1.807) is 36.4 Å². The summed E-state index contributed by atoms with van der Waals surface area (Å²) in [6.45, 7) is 2.03. The molecule has 1 N–H and O–H groups in total. The number of fused-ring (bicyclic) bond motifs is 1. The third-order valence-corrected chi connectivity index (χ3v) is 4.04. The van der Waals surface area contributed by atoms with Crippen LogP contribution in [-0.2, 0) is 9.53 Å². The highest BCUT2D eigenvalue weighted by Gasteiger charge is 2.36. The first-order valence-electron chi connectivity index (χ1n) is 8.54. The summed E-state index contributed by atoms with van der Waals surface area (Å²) in [5.74, 6) is -1.98. The van der Waals surface area contributed by atoms with E-state index in [0.29, 0.717) is 17.7 Å². The molecule has 0 fully saturated rings. The Morgan fingerprint density at radius 3 is 2.30 bits per heavy atom. The van der Waals surface area contributed by atoms with Gasteiger partial charge in [0.1, 0.15) is 0 Å². The summed E-state index contributed by atoms with van der Waals surface area (Å²) in [5, 5.41) is 2.60. The van der Waals surface area contributed by atoms with Crippen LogP contribution in [0.5, 0.6) is 0 Å². The number of nitrogens with zero attached hydrogens (tertiary/aromatic N) is 1. The van der Waals surface area contributed by atoms with Crippen LogP contribution in [0.1, 0.15) is 44.4 Å². The molecule has 0 saturated heterocycles. The summed E-state index contributed by atoms with van der Waals surface area (Å²) in [6.07, 6.45) is 0.780. The smallest absolute Gasteiger partial charge is 0.338 e. The molecule has 1 aliphatic rings. The Bertz CT molecular complexity index is 887. The third-order valence-electron chi connectivity index (χ3n) is 4.04.